The Morgan fingerprint density at radius 3 is 2.41 bits per heavy atom. The first kappa shape index (κ1) is 12.9. The first-order valence-corrected chi connectivity index (χ1v) is 6.26. The molecule has 0 N–H and O–H groups in total. The summed E-state index contributed by atoms with van der Waals surface area (Å²) < 4.78 is 1.49. The lowest BCUT2D eigenvalue weighted by Crippen LogP contribution is -2.14. The van der Waals surface area contributed by atoms with Gasteiger partial charge in [0.1, 0.15) is 0 Å². The van der Waals surface area contributed by atoms with Gasteiger partial charge in [-0.2, -0.15) is 9.61 Å². The molecule has 0 unspecified atom stereocenters. The second kappa shape index (κ2) is 4.26. The molecule has 0 bridgehead atoms. The number of fused-ring (bicyclic) bond motifs is 1. The van der Waals surface area contributed by atoms with Gasteiger partial charge in [-0.05, 0) is 11.5 Å². The Bertz CT molecular complexity index is 556. The zero-order valence-corrected chi connectivity index (χ0v) is 11.8. The molecule has 0 atom stereocenters. The Hall–Kier alpha value is -0.580. The molecule has 0 radical (unpaired) electrons. The average molecular weight is 294 g/mol. The van der Waals surface area contributed by atoms with Crippen molar-refractivity contribution in [2.24, 2.45) is 0 Å². The lowest BCUT2D eigenvalue weighted by molar-refractivity contribution is 0.588. The maximum absolute atomic E-state index is 5.99. The van der Waals surface area contributed by atoms with Crippen molar-refractivity contribution in [2.45, 2.75) is 31.0 Å². The van der Waals surface area contributed by atoms with Crippen molar-refractivity contribution in [1.82, 2.24) is 19.8 Å². The zero-order chi connectivity index (χ0) is 12.8. The van der Waals surface area contributed by atoms with Crippen LogP contribution in [0.5, 0.6) is 0 Å². The molecular formula is C10H11Cl3N4. The molecule has 0 aliphatic heterocycles. The quantitative estimate of drug-likeness (QED) is 0.755. The van der Waals surface area contributed by atoms with Crippen molar-refractivity contribution in [3.63, 3.8) is 0 Å². The molecule has 0 fully saturated rings. The fourth-order valence-electron chi connectivity index (χ4n) is 1.55. The Morgan fingerprint density at radius 2 is 1.88 bits per heavy atom. The summed E-state index contributed by atoms with van der Waals surface area (Å²) >= 11 is 17.6. The third-order valence-electron chi connectivity index (χ3n) is 2.37. The first-order chi connectivity index (χ1) is 7.80. The highest BCUT2D eigenvalue weighted by Crippen LogP contribution is 2.30. The van der Waals surface area contributed by atoms with Crippen LogP contribution in [0.4, 0.5) is 0 Å². The van der Waals surface area contributed by atoms with E-state index in [9.17, 15) is 0 Å². The third kappa shape index (κ3) is 2.34. The summed E-state index contributed by atoms with van der Waals surface area (Å²) in [5, 5.41) is 12.5. The molecule has 0 saturated heterocycles. The van der Waals surface area contributed by atoms with Crippen LogP contribution in [0.15, 0.2) is 6.07 Å². The zero-order valence-electron chi connectivity index (χ0n) is 9.58. The van der Waals surface area contributed by atoms with E-state index in [1.807, 2.05) is 0 Å². The molecule has 92 valence electrons. The maximum atomic E-state index is 5.99. The van der Waals surface area contributed by atoms with Crippen molar-refractivity contribution in [2.75, 3.05) is 0 Å². The summed E-state index contributed by atoms with van der Waals surface area (Å²) in [5.41, 5.74) is 1.46. The number of nitrogens with zero attached hydrogens (tertiary/aromatic N) is 4. The van der Waals surface area contributed by atoms with Gasteiger partial charge in [-0.15, -0.1) is 10.2 Å². The van der Waals surface area contributed by atoms with Crippen molar-refractivity contribution in [1.29, 1.82) is 0 Å². The number of rotatable bonds is 1. The highest BCUT2D eigenvalue weighted by atomic mass is 35.5. The summed E-state index contributed by atoms with van der Waals surface area (Å²) in [5.74, 6) is 0.372. The monoisotopic (exact) mass is 292 g/mol. The molecular weight excluding hydrogens is 282 g/mol. The van der Waals surface area contributed by atoms with Gasteiger partial charge in [0.05, 0.1) is 0 Å². The van der Waals surface area contributed by atoms with Gasteiger partial charge in [-0.25, -0.2) is 0 Å². The van der Waals surface area contributed by atoms with Crippen molar-refractivity contribution >= 4 is 40.4 Å². The molecule has 17 heavy (non-hydrogen) atoms. The summed E-state index contributed by atoms with van der Waals surface area (Å²) in [4.78, 5) is -0.788. The Balaban J connectivity index is 2.79. The van der Waals surface area contributed by atoms with Gasteiger partial charge < -0.3 is 0 Å². The van der Waals surface area contributed by atoms with E-state index in [1.54, 1.807) is 6.07 Å². The van der Waals surface area contributed by atoms with E-state index in [0.717, 1.165) is 5.56 Å². The van der Waals surface area contributed by atoms with Crippen LogP contribution in [-0.4, -0.2) is 19.8 Å². The lowest BCUT2D eigenvalue weighted by Gasteiger charge is -2.19. The fraction of sp³-hybridized carbons (Fsp3) is 0.500. The van der Waals surface area contributed by atoms with Crippen LogP contribution in [0.1, 0.15) is 37.0 Å². The molecule has 2 aromatic rings. The second-order valence-corrected chi connectivity index (χ2v) is 6.21. The molecule has 2 rings (SSSR count). The Kier molecular flexibility index (Phi) is 3.23. The van der Waals surface area contributed by atoms with Crippen LogP contribution in [0, 0.1) is 0 Å². The van der Waals surface area contributed by atoms with Crippen LogP contribution in [-0.2, 0) is 5.41 Å². The average Bonchev–Trinajstić information content (AvgIpc) is 2.57. The molecule has 2 heterocycles. The molecule has 0 saturated carbocycles. The minimum absolute atomic E-state index is 0.119. The van der Waals surface area contributed by atoms with Crippen LogP contribution in [0.25, 0.3) is 5.65 Å². The SMILES string of the molecule is CC(C)(C)c1cc(Cl)nn2c(C(Cl)Cl)nnc12. The van der Waals surface area contributed by atoms with Crippen molar-refractivity contribution < 1.29 is 0 Å². The number of hydrogen-bond donors (Lipinski definition) is 0. The molecule has 0 spiro atoms. The minimum Gasteiger partial charge on any atom is -0.193 e. The molecule has 0 aliphatic rings. The number of hydrogen-bond acceptors (Lipinski definition) is 3. The molecule has 4 nitrogen and oxygen atoms in total. The van der Waals surface area contributed by atoms with E-state index in [1.165, 1.54) is 4.52 Å². The normalized spacial score (nSPS) is 12.6. The molecule has 0 amide bonds. The molecule has 2 aromatic heterocycles. The predicted octanol–water partition coefficient (Wildman–Crippen LogP) is 3.55. The fourth-order valence-corrected chi connectivity index (χ4v) is 2.01. The Labute approximate surface area is 114 Å². The number of alkyl halides is 2. The highest BCUT2D eigenvalue weighted by molar-refractivity contribution is 6.43. The first-order valence-electron chi connectivity index (χ1n) is 5.01. The largest absolute Gasteiger partial charge is 0.193 e. The van der Waals surface area contributed by atoms with Gasteiger partial charge in [0.2, 0.25) is 0 Å². The van der Waals surface area contributed by atoms with Crippen LogP contribution in [0.2, 0.25) is 5.15 Å². The number of halogens is 3. The standard InChI is InChI=1S/C10H11Cl3N4/c1-10(2,3)5-4-6(11)16-17-8(5)14-15-9(17)7(12)13/h4,7H,1-3H3. The van der Waals surface area contributed by atoms with E-state index in [2.05, 4.69) is 36.1 Å². The van der Waals surface area contributed by atoms with Gasteiger partial charge in [-0.1, -0.05) is 55.6 Å². The van der Waals surface area contributed by atoms with E-state index in [0.29, 0.717) is 16.6 Å². The summed E-state index contributed by atoms with van der Waals surface area (Å²) in [6, 6.07) is 1.78. The van der Waals surface area contributed by atoms with Gasteiger partial charge in [0.15, 0.2) is 21.5 Å². The molecule has 0 aliphatic carbocycles. The van der Waals surface area contributed by atoms with Crippen LogP contribution in [0.3, 0.4) is 0 Å². The van der Waals surface area contributed by atoms with E-state index < -0.39 is 4.84 Å². The Morgan fingerprint density at radius 1 is 1.24 bits per heavy atom. The van der Waals surface area contributed by atoms with Gasteiger partial charge >= 0.3 is 0 Å². The topological polar surface area (TPSA) is 43.1 Å². The van der Waals surface area contributed by atoms with Crippen LogP contribution < -0.4 is 0 Å². The van der Waals surface area contributed by atoms with E-state index in [4.69, 9.17) is 34.8 Å². The lowest BCUT2D eigenvalue weighted by atomic mass is 9.88. The van der Waals surface area contributed by atoms with Gasteiger partial charge in [0.25, 0.3) is 0 Å². The summed E-state index contributed by atoms with van der Waals surface area (Å²) in [6.07, 6.45) is 0. The summed E-state index contributed by atoms with van der Waals surface area (Å²) in [6.45, 7) is 6.18. The summed E-state index contributed by atoms with van der Waals surface area (Å²) in [7, 11) is 0. The third-order valence-corrected chi connectivity index (χ3v) is 2.94. The van der Waals surface area contributed by atoms with E-state index in [-0.39, 0.29) is 5.41 Å². The van der Waals surface area contributed by atoms with E-state index >= 15 is 0 Å². The predicted molar refractivity (Wildman–Crippen MR) is 68.9 cm³/mol. The number of aromatic nitrogens is 4. The van der Waals surface area contributed by atoms with Gasteiger partial charge in [-0.3, -0.25) is 0 Å². The van der Waals surface area contributed by atoms with Crippen LogP contribution >= 0.6 is 34.8 Å². The maximum Gasteiger partial charge on any atom is 0.187 e. The minimum atomic E-state index is -0.788. The molecule has 0 aromatic carbocycles. The second-order valence-electron chi connectivity index (χ2n) is 4.73. The van der Waals surface area contributed by atoms with Gasteiger partial charge in [0, 0.05) is 5.56 Å². The highest BCUT2D eigenvalue weighted by Gasteiger charge is 2.23. The molecule has 7 heteroatoms. The van der Waals surface area contributed by atoms with Crippen molar-refractivity contribution in [3.05, 3.63) is 22.6 Å². The van der Waals surface area contributed by atoms with Crippen molar-refractivity contribution in [3.8, 4) is 0 Å². The smallest absolute Gasteiger partial charge is 0.187 e.